The van der Waals surface area contributed by atoms with Crippen LogP contribution in [0.2, 0.25) is 0 Å². The second-order valence-corrected chi connectivity index (χ2v) is 13.9. The summed E-state index contributed by atoms with van der Waals surface area (Å²) in [6, 6.07) is 15.4. The molecule has 0 amide bonds. The molecule has 0 unspecified atom stereocenters. The highest BCUT2D eigenvalue weighted by atomic mass is 16.5. The molecule has 11 heteroatoms. The minimum absolute atomic E-state index is 0.197. The van der Waals surface area contributed by atoms with Crippen LogP contribution >= 0.6 is 0 Å². The van der Waals surface area contributed by atoms with Crippen LogP contribution < -0.4 is 16.4 Å². The SMILES string of the molecule is CCCC(=O)c1cccc(CC2=NC3(CCCCC3)N=C(N)N2)c1.CCOC(=O)c1cccc(CC2=NC3(CCCCC3)N=C(N(C)C)N2)c1. The largest absolute Gasteiger partial charge is 0.462 e. The molecular weight excluding hydrogens is 628 g/mol. The molecule has 2 aliphatic carbocycles. The number of ether oxygens (including phenoxy) is 1. The molecule has 2 spiro atoms. The molecule has 4 N–H and O–H groups in total. The van der Waals surface area contributed by atoms with E-state index in [4.69, 9.17) is 25.4 Å². The first-order valence-corrected chi connectivity index (χ1v) is 18.3. The summed E-state index contributed by atoms with van der Waals surface area (Å²) in [6.45, 7) is 4.21. The average Bonchev–Trinajstić information content (AvgIpc) is 3.09. The Morgan fingerprint density at radius 1 is 0.760 bits per heavy atom. The molecule has 11 nitrogen and oxygen atoms in total. The molecule has 2 aromatic rings. The summed E-state index contributed by atoms with van der Waals surface area (Å²) in [5.74, 6) is 2.99. The van der Waals surface area contributed by atoms with E-state index in [1.54, 1.807) is 6.07 Å². The van der Waals surface area contributed by atoms with Crippen LogP contribution in [0.4, 0.5) is 0 Å². The van der Waals surface area contributed by atoms with Crippen LogP contribution in [0.15, 0.2) is 68.5 Å². The van der Waals surface area contributed by atoms with Gasteiger partial charge in [0.15, 0.2) is 23.1 Å². The molecule has 2 aromatic carbocycles. The molecule has 0 atom stereocenters. The normalized spacial score (nSPS) is 19.0. The monoisotopic (exact) mass is 682 g/mol. The number of hydrogen-bond acceptors (Lipinski definition) is 11. The topological polar surface area (TPSA) is 146 Å². The first kappa shape index (κ1) is 36.7. The summed E-state index contributed by atoms with van der Waals surface area (Å²) in [5.41, 5.74) is 8.79. The van der Waals surface area contributed by atoms with Crippen molar-refractivity contribution < 1.29 is 14.3 Å². The van der Waals surface area contributed by atoms with E-state index >= 15 is 0 Å². The van der Waals surface area contributed by atoms with Crippen LogP contribution in [0.3, 0.4) is 0 Å². The predicted molar refractivity (Wildman–Crippen MR) is 201 cm³/mol. The highest BCUT2D eigenvalue weighted by Gasteiger charge is 2.36. The minimum atomic E-state index is -0.363. The second-order valence-electron chi connectivity index (χ2n) is 13.9. The Morgan fingerprint density at radius 2 is 1.30 bits per heavy atom. The molecule has 6 rings (SSSR count). The molecule has 50 heavy (non-hydrogen) atoms. The van der Waals surface area contributed by atoms with E-state index in [1.807, 2.05) is 75.3 Å². The third-order valence-electron chi connectivity index (χ3n) is 9.50. The summed E-state index contributed by atoms with van der Waals surface area (Å²) >= 11 is 0. The number of aliphatic imine (C=N–C) groups is 4. The van der Waals surface area contributed by atoms with Gasteiger partial charge >= 0.3 is 5.97 Å². The molecule has 268 valence electrons. The number of guanidine groups is 2. The van der Waals surface area contributed by atoms with Crippen molar-refractivity contribution in [1.29, 1.82) is 0 Å². The summed E-state index contributed by atoms with van der Waals surface area (Å²) in [4.78, 5) is 45.4. The molecule has 4 aliphatic rings. The Morgan fingerprint density at radius 3 is 1.86 bits per heavy atom. The Hall–Kier alpha value is -4.54. The van der Waals surface area contributed by atoms with Gasteiger partial charge in [0.2, 0.25) is 5.96 Å². The van der Waals surface area contributed by atoms with E-state index in [1.165, 1.54) is 25.7 Å². The number of Topliss-reactive ketones (excluding diaryl/α,β-unsaturated/α-hetero) is 1. The van der Waals surface area contributed by atoms with Crippen LogP contribution in [0.25, 0.3) is 0 Å². The van der Waals surface area contributed by atoms with Gasteiger partial charge in [0.05, 0.1) is 12.2 Å². The molecule has 2 heterocycles. The highest BCUT2D eigenvalue weighted by molar-refractivity contribution is 6.03. The Labute approximate surface area is 297 Å². The van der Waals surface area contributed by atoms with E-state index in [-0.39, 0.29) is 23.1 Å². The molecule has 0 aromatic heterocycles. The number of benzene rings is 2. The van der Waals surface area contributed by atoms with Crippen LogP contribution in [-0.2, 0) is 17.6 Å². The summed E-state index contributed by atoms with van der Waals surface area (Å²) in [6.07, 6.45) is 13.8. The summed E-state index contributed by atoms with van der Waals surface area (Å²) in [7, 11) is 3.99. The number of esters is 1. The maximum atomic E-state index is 12.1. The highest BCUT2D eigenvalue weighted by Crippen LogP contribution is 2.35. The lowest BCUT2D eigenvalue weighted by molar-refractivity contribution is 0.0526. The third-order valence-corrected chi connectivity index (χ3v) is 9.50. The quantitative estimate of drug-likeness (QED) is 0.212. The lowest BCUT2D eigenvalue weighted by Gasteiger charge is -2.36. The minimum Gasteiger partial charge on any atom is -0.462 e. The van der Waals surface area contributed by atoms with Gasteiger partial charge < -0.3 is 26.0 Å². The Balaban J connectivity index is 0.000000195. The van der Waals surface area contributed by atoms with Crippen molar-refractivity contribution in [2.24, 2.45) is 25.7 Å². The fourth-order valence-corrected chi connectivity index (χ4v) is 7.06. The zero-order valence-corrected chi connectivity index (χ0v) is 30.3. The number of carbonyl (C=O) groups excluding carboxylic acids is 2. The van der Waals surface area contributed by atoms with Crippen molar-refractivity contribution in [3.05, 3.63) is 70.8 Å². The maximum absolute atomic E-state index is 12.1. The molecule has 2 saturated carbocycles. The van der Waals surface area contributed by atoms with Gasteiger partial charge in [-0.1, -0.05) is 50.1 Å². The van der Waals surface area contributed by atoms with Gasteiger partial charge in [-0.25, -0.2) is 24.8 Å². The van der Waals surface area contributed by atoms with Crippen LogP contribution in [0.1, 0.15) is 123 Å². The zero-order valence-electron chi connectivity index (χ0n) is 30.3. The van der Waals surface area contributed by atoms with Crippen LogP contribution in [-0.4, -0.2) is 72.3 Å². The number of nitrogens with two attached hydrogens (primary N) is 1. The van der Waals surface area contributed by atoms with E-state index in [0.717, 1.165) is 79.3 Å². The van der Waals surface area contributed by atoms with E-state index < -0.39 is 0 Å². The third kappa shape index (κ3) is 9.79. The van der Waals surface area contributed by atoms with Crippen molar-refractivity contribution in [3.8, 4) is 0 Å². The Kier molecular flexibility index (Phi) is 12.4. The van der Waals surface area contributed by atoms with E-state index in [9.17, 15) is 9.59 Å². The average molecular weight is 683 g/mol. The van der Waals surface area contributed by atoms with Gasteiger partial charge in [-0.3, -0.25) is 4.79 Å². The van der Waals surface area contributed by atoms with Crippen LogP contribution in [0.5, 0.6) is 0 Å². The molecule has 2 fully saturated rings. The van der Waals surface area contributed by atoms with Crippen molar-refractivity contribution in [2.75, 3.05) is 20.7 Å². The molecular formula is C39H54N8O3. The number of nitrogens with zero attached hydrogens (tertiary/aromatic N) is 5. The number of hydrogen-bond donors (Lipinski definition) is 3. The van der Waals surface area contributed by atoms with Crippen LogP contribution in [0, 0.1) is 0 Å². The van der Waals surface area contributed by atoms with Crippen molar-refractivity contribution in [2.45, 2.75) is 115 Å². The van der Waals surface area contributed by atoms with E-state index in [0.29, 0.717) is 37.4 Å². The van der Waals surface area contributed by atoms with Gasteiger partial charge in [-0.2, -0.15) is 0 Å². The zero-order chi connectivity index (χ0) is 35.6. The molecule has 0 bridgehead atoms. The molecule has 2 aliphatic heterocycles. The van der Waals surface area contributed by atoms with E-state index in [2.05, 4.69) is 15.6 Å². The van der Waals surface area contributed by atoms with Gasteiger partial charge in [0.25, 0.3) is 0 Å². The van der Waals surface area contributed by atoms with Gasteiger partial charge in [-0.15, -0.1) is 0 Å². The standard InChI is InChI=1S/C20H28N4O2.C19H26N4O/c1-4-26-18(25)16-10-8-9-15(13-16)14-17-21-19(24(2)3)23-20(22-17)11-6-5-7-12-20;1-2-7-16(24)15-9-6-8-14(12-15)13-17-21-18(20)23-19(22-17)10-4-3-5-11-19/h8-10,13H,4-7,11-12,14H2,1-3H3,(H,21,22,23);6,8-9,12H,2-5,7,10-11,13H2,1H3,(H3,20,21,22,23). The fraction of sp³-hybridized carbons (Fsp3) is 0.538. The smallest absolute Gasteiger partial charge is 0.338 e. The number of rotatable bonds is 9. The molecule has 0 radical (unpaired) electrons. The van der Waals surface area contributed by atoms with Gasteiger partial charge in [-0.05, 0) is 94.0 Å². The summed E-state index contributed by atoms with van der Waals surface area (Å²) < 4.78 is 5.10. The summed E-state index contributed by atoms with van der Waals surface area (Å²) in [5, 5.41) is 6.46. The first-order chi connectivity index (χ1) is 24.1. The predicted octanol–water partition coefficient (Wildman–Crippen LogP) is 6.17. The maximum Gasteiger partial charge on any atom is 0.338 e. The lowest BCUT2D eigenvalue weighted by Crippen LogP contribution is -2.49. The van der Waals surface area contributed by atoms with Crippen molar-refractivity contribution >= 4 is 35.3 Å². The number of amidine groups is 2. The number of carbonyl (C=O) groups is 2. The van der Waals surface area contributed by atoms with Gasteiger partial charge in [0, 0.05) is 38.9 Å². The molecule has 0 saturated heterocycles. The number of ketones is 1. The van der Waals surface area contributed by atoms with Crippen molar-refractivity contribution in [1.82, 2.24) is 15.5 Å². The number of nitrogens with one attached hydrogen (secondary N) is 2. The fourth-order valence-electron chi connectivity index (χ4n) is 7.06. The van der Waals surface area contributed by atoms with Gasteiger partial charge in [0.1, 0.15) is 11.7 Å². The van der Waals surface area contributed by atoms with Crippen molar-refractivity contribution in [3.63, 3.8) is 0 Å². The Bertz CT molecular complexity index is 1630. The lowest BCUT2D eigenvalue weighted by atomic mass is 9.89. The first-order valence-electron chi connectivity index (χ1n) is 18.3. The second kappa shape index (κ2) is 16.9.